The zero-order valence-electron chi connectivity index (χ0n) is 13.5. The number of rotatable bonds is 3. The van der Waals surface area contributed by atoms with Crippen LogP contribution in [-0.4, -0.2) is 34.1 Å². The smallest absolute Gasteiger partial charge is 0.417 e. The summed E-state index contributed by atoms with van der Waals surface area (Å²) in [6.45, 7) is 0.744. The zero-order chi connectivity index (χ0) is 18.7. The maximum atomic E-state index is 12.6. The van der Waals surface area contributed by atoms with Gasteiger partial charge in [0.1, 0.15) is 0 Å². The summed E-state index contributed by atoms with van der Waals surface area (Å²) in [6, 6.07) is 7.09. The third-order valence-electron chi connectivity index (χ3n) is 4.08. The zero-order valence-corrected chi connectivity index (χ0v) is 14.3. The second kappa shape index (κ2) is 7.49. The summed E-state index contributed by atoms with van der Waals surface area (Å²) in [4.78, 5) is 13.9. The number of likely N-dealkylation sites (tertiary alicyclic amines) is 1. The number of piperidine rings is 1. The fraction of sp³-hybridized carbons (Fsp3) is 0.353. The quantitative estimate of drug-likeness (QED) is 0.744. The number of hydrogen-bond acceptors (Lipinski definition) is 4. The van der Waals surface area contributed by atoms with E-state index in [1.807, 2.05) is 0 Å². The lowest BCUT2D eigenvalue weighted by atomic mass is 9.98. The topological polar surface area (TPSA) is 59.2 Å². The van der Waals surface area contributed by atoms with Crippen molar-refractivity contribution in [3.63, 3.8) is 0 Å². The van der Waals surface area contributed by atoms with Gasteiger partial charge in [-0.25, -0.2) is 0 Å². The molecule has 0 aliphatic carbocycles. The maximum absolute atomic E-state index is 12.6. The molecule has 0 N–H and O–H groups in total. The number of alkyl halides is 3. The van der Waals surface area contributed by atoms with Gasteiger partial charge in [0.25, 0.3) is 0 Å². The maximum Gasteiger partial charge on any atom is 0.470 e. The molecule has 1 unspecified atom stereocenters. The number of nitrogens with zero attached hydrogens (tertiary/aromatic N) is 3. The second-order valence-corrected chi connectivity index (χ2v) is 6.33. The van der Waals surface area contributed by atoms with Crippen LogP contribution < -0.4 is 0 Å². The Morgan fingerprint density at radius 2 is 2.08 bits per heavy atom. The first-order valence-corrected chi connectivity index (χ1v) is 8.34. The van der Waals surface area contributed by atoms with Crippen LogP contribution in [0.3, 0.4) is 0 Å². The van der Waals surface area contributed by atoms with Gasteiger partial charge in [0, 0.05) is 24.2 Å². The van der Waals surface area contributed by atoms with Gasteiger partial charge < -0.3 is 9.32 Å². The molecule has 1 atom stereocenters. The minimum Gasteiger partial charge on any atom is -0.417 e. The molecule has 2 heterocycles. The van der Waals surface area contributed by atoms with E-state index < -0.39 is 18.0 Å². The summed E-state index contributed by atoms with van der Waals surface area (Å²) in [5, 5.41) is 7.07. The van der Waals surface area contributed by atoms with Gasteiger partial charge in [-0.15, -0.1) is 10.2 Å². The van der Waals surface area contributed by atoms with Gasteiger partial charge in [-0.3, -0.25) is 4.79 Å². The molecule has 1 amide bonds. The molecule has 0 saturated carbocycles. The molecular weight excluding hydrogens is 371 g/mol. The van der Waals surface area contributed by atoms with E-state index in [-0.39, 0.29) is 18.3 Å². The van der Waals surface area contributed by atoms with E-state index in [9.17, 15) is 18.0 Å². The van der Waals surface area contributed by atoms with E-state index in [2.05, 4.69) is 10.2 Å². The highest BCUT2D eigenvalue weighted by Crippen LogP contribution is 2.32. The van der Waals surface area contributed by atoms with Crippen molar-refractivity contribution in [1.82, 2.24) is 15.1 Å². The van der Waals surface area contributed by atoms with Crippen LogP contribution >= 0.6 is 11.6 Å². The van der Waals surface area contributed by atoms with Crippen molar-refractivity contribution in [3.05, 3.63) is 52.7 Å². The lowest BCUT2D eigenvalue weighted by Crippen LogP contribution is -2.38. The van der Waals surface area contributed by atoms with E-state index in [4.69, 9.17) is 16.0 Å². The highest BCUT2D eigenvalue weighted by molar-refractivity contribution is 6.32. The normalized spacial score (nSPS) is 18.5. The van der Waals surface area contributed by atoms with E-state index in [0.29, 0.717) is 30.0 Å². The summed E-state index contributed by atoms with van der Waals surface area (Å²) in [5.74, 6) is -2.12. The predicted molar refractivity (Wildman–Crippen MR) is 88.3 cm³/mol. The summed E-state index contributed by atoms with van der Waals surface area (Å²) in [7, 11) is 0. The van der Waals surface area contributed by atoms with E-state index in [1.165, 1.54) is 6.08 Å². The van der Waals surface area contributed by atoms with Gasteiger partial charge in [-0.1, -0.05) is 29.8 Å². The summed E-state index contributed by atoms with van der Waals surface area (Å²) >= 11 is 6.04. The van der Waals surface area contributed by atoms with Crippen LogP contribution in [0.2, 0.25) is 5.02 Å². The molecule has 138 valence electrons. The van der Waals surface area contributed by atoms with Crippen molar-refractivity contribution in [2.75, 3.05) is 13.1 Å². The Bertz CT molecular complexity index is 820. The number of hydrogen-bond donors (Lipinski definition) is 0. The first kappa shape index (κ1) is 18.4. The van der Waals surface area contributed by atoms with Crippen LogP contribution in [0.1, 0.15) is 36.1 Å². The minimum atomic E-state index is -4.67. The molecule has 2 aromatic rings. The molecule has 1 aromatic heterocycles. The summed E-state index contributed by atoms with van der Waals surface area (Å²) in [5.41, 5.74) is 0.711. The molecule has 5 nitrogen and oxygen atoms in total. The standard InChI is InChI=1S/C17H15ClF3N3O2/c18-13-6-2-1-4-11(13)7-8-14(25)24-9-3-5-12(10-24)15-22-23-16(26-15)17(19,20)21/h1-2,4,6-8,12H,3,5,9-10H2/b8-7+. The third-order valence-corrected chi connectivity index (χ3v) is 4.42. The van der Waals surface area contributed by atoms with Gasteiger partial charge in [0.2, 0.25) is 11.8 Å². The molecule has 0 radical (unpaired) electrons. The van der Waals surface area contributed by atoms with Crippen molar-refractivity contribution in [2.24, 2.45) is 0 Å². The highest BCUT2D eigenvalue weighted by atomic mass is 35.5. The van der Waals surface area contributed by atoms with Crippen LogP contribution in [0.15, 0.2) is 34.8 Å². The van der Waals surface area contributed by atoms with Crippen LogP contribution in [0.4, 0.5) is 13.2 Å². The molecule has 3 rings (SSSR count). The van der Waals surface area contributed by atoms with Crippen molar-refractivity contribution in [2.45, 2.75) is 24.9 Å². The molecule has 1 aliphatic heterocycles. The van der Waals surface area contributed by atoms with Crippen molar-refractivity contribution < 1.29 is 22.4 Å². The van der Waals surface area contributed by atoms with Crippen molar-refractivity contribution in [3.8, 4) is 0 Å². The lowest BCUT2D eigenvalue weighted by molar-refractivity contribution is -0.157. The minimum absolute atomic E-state index is 0.0927. The molecule has 0 bridgehead atoms. The molecule has 26 heavy (non-hydrogen) atoms. The SMILES string of the molecule is O=C(/C=C/c1ccccc1Cl)N1CCCC(c2nnc(C(F)(F)F)o2)C1. The van der Waals surface area contributed by atoms with Gasteiger partial charge in [-0.2, -0.15) is 13.2 Å². The van der Waals surface area contributed by atoms with Crippen molar-refractivity contribution in [1.29, 1.82) is 0 Å². The van der Waals surface area contributed by atoms with E-state index >= 15 is 0 Å². The fourth-order valence-corrected chi connectivity index (χ4v) is 2.97. The third kappa shape index (κ3) is 4.24. The lowest BCUT2D eigenvalue weighted by Gasteiger charge is -2.30. The number of halogens is 4. The van der Waals surface area contributed by atoms with Crippen LogP contribution in [0.25, 0.3) is 6.08 Å². The molecule has 1 aliphatic rings. The number of aromatic nitrogens is 2. The molecular formula is C17H15ClF3N3O2. The molecule has 0 spiro atoms. The second-order valence-electron chi connectivity index (χ2n) is 5.92. The average molecular weight is 386 g/mol. The summed E-state index contributed by atoms with van der Waals surface area (Å²) < 4.78 is 42.5. The van der Waals surface area contributed by atoms with Crippen molar-refractivity contribution >= 4 is 23.6 Å². The first-order valence-electron chi connectivity index (χ1n) is 7.96. The Hall–Kier alpha value is -2.35. The number of carbonyl (C=O) groups excluding carboxylic acids is 1. The number of amides is 1. The van der Waals surface area contributed by atoms with E-state index in [0.717, 1.165) is 0 Å². The largest absolute Gasteiger partial charge is 0.470 e. The van der Waals surface area contributed by atoms with Gasteiger partial charge in [0.05, 0.1) is 5.92 Å². The van der Waals surface area contributed by atoms with E-state index in [1.54, 1.807) is 35.2 Å². The Morgan fingerprint density at radius 1 is 1.31 bits per heavy atom. The molecule has 1 aromatic carbocycles. The summed E-state index contributed by atoms with van der Waals surface area (Å²) in [6.07, 6.45) is -0.439. The first-order chi connectivity index (χ1) is 12.3. The Morgan fingerprint density at radius 3 is 2.77 bits per heavy atom. The fourth-order valence-electron chi connectivity index (χ4n) is 2.77. The van der Waals surface area contributed by atoms with Crippen LogP contribution in [-0.2, 0) is 11.0 Å². The monoisotopic (exact) mass is 385 g/mol. The van der Waals surface area contributed by atoms with Crippen LogP contribution in [0.5, 0.6) is 0 Å². The van der Waals surface area contributed by atoms with Crippen LogP contribution in [0, 0.1) is 0 Å². The number of benzene rings is 1. The Balaban J connectivity index is 1.67. The van der Waals surface area contributed by atoms with Gasteiger partial charge in [0.15, 0.2) is 0 Å². The predicted octanol–water partition coefficient (Wildman–Crippen LogP) is 4.16. The van der Waals surface area contributed by atoms with Gasteiger partial charge >= 0.3 is 12.1 Å². The van der Waals surface area contributed by atoms with Gasteiger partial charge in [-0.05, 0) is 30.5 Å². The average Bonchev–Trinajstić information content (AvgIpc) is 3.11. The Kier molecular flexibility index (Phi) is 5.31. The Labute approximate surface area is 152 Å². The molecule has 1 saturated heterocycles. The molecule has 9 heteroatoms. The number of carbonyl (C=O) groups is 1. The highest BCUT2D eigenvalue weighted by Gasteiger charge is 2.39. The molecule has 1 fully saturated rings.